The molecule has 1 saturated heterocycles. The zero-order valence-electron chi connectivity index (χ0n) is 13.9. The van der Waals surface area contributed by atoms with Gasteiger partial charge in [-0.15, -0.1) is 0 Å². The van der Waals surface area contributed by atoms with Gasteiger partial charge in [-0.25, -0.2) is 4.79 Å². The molecule has 1 aromatic heterocycles. The smallest absolute Gasteiger partial charge is 0.329 e. The number of carbonyl (C=O) groups excluding carboxylic acids is 1. The second-order valence-corrected chi connectivity index (χ2v) is 5.78. The van der Waals surface area contributed by atoms with Crippen molar-refractivity contribution in [2.24, 2.45) is 0 Å². The third-order valence-corrected chi connectivity index (χ3v) is 3.87. The largest absolute Gasteiger partial charge is 0.493 e. The van der Waals surface area contributed by atoms with E-state index in [4.69, 9.17) is 19.0 Å². The van der Waals surface area contributed by atoms with Crippen LogP contribution in [0, 0.1) is 0 Å². The van der Waals surface area contributed by atoms with Crippen molar-refractivity contribution in [2.75, 3.05) is 19.8 Å². The fourth-order valence-corrected chi connectivity index (χ4v) is 2.76. The molecule has 130 valence electrons. The molecule has 0 N–H and O–H groups in total. The molecule has 6 nitrogen and oxygen atoms in total. The number of fused-ring (bicyclic) bond motifs is 1. The van der Waals surface area contributed by atoms with E-state index in [1.165, 1.54) is 18.1 Å². The number of benzene rings is 1. The highest BCUT2D eigenvalue weighted by molar-refractivity contribution is 5.86. The summed E-state index contributed by atoms with van der Waals surface area (Å²) in [6.45, 7) is 3.35. The maximum Gasteiger partial charge on any atom is 0.329 e. The van der Waals surface area contributed by atoms with Gasteiger partial charge in [0.05, 0.1) is 18.7 Å². The normalized spacial score (nSPS) is 17.8. The average molecular weight is 333 g/mol. The Morgan fingerprint density at radius 3 is 3.00 bits per heavy atom. The summed E-state index contributed by atoms with van der Waals surface area (Å²) in [4.78, 5) is 16.2. The summed E-state index contributed by atoms with van der Waals surface area (Å²) in [5, 5.41) is 0.912. The molecule has 6 heteroatoms. The molecule has 1 unspecified atom stereocenters. The molecular weight excluding hydrogens is 310 g/mol. The van der Waals surface area contributed by atoms with Crippen LogP contribution in [0.15, 0.2) is 30.5 Å². The first kappa shape index (κ1) is 16.8. The third kappa shape index (κ3) is 4.27. The van der Waals surface area contributed by atoms with Gasteiger partial charge < -0.3 is 19.0 Å². The van der Waals surface area contributed by atoms with Gasteiger partial charge in [-0.1, -0.05) is 6.07 Å². The van der Waals surface area contributed by atoms with Gasteiger partial charge in [0, 0.05) is 31.5 Å². The molecular formula is C18H23NO5. The van der Waals surface area contributed by atoms with Gasteiger partial charge in [-0.2, -0.15) is 4.73 Å². The van der Waals surface area contributed by atoms with E-state index >= 15 is 0 Å². The predicted octanol–water partition coefficient (Wildman–Crippen LogP) is 2.93. The van der Waals surface area contributed by atoms with Crippen LogP contribution in [0.25, 0.3) is 10.9 Å². The predicted molar refractivity (Wildman–Crippen MR) is 88.9 cm³/mol. The molecule has 0 aliphatic carbocycles. The summed E-state index contributed by atoms with van der Waals surface area (Å²) in [5.41, 5.74) is 0.801. The average Bonchev–Trinajstić information content (AvgIpc) is 2.99. The molecule has 1 fully saturated rings. The minimum absolute atomic E-state index is 0.0556. The minimum Gasteiger partial charge on any atom is -0.493 e. The van der Waals surface area contributed by atoms with E-state index in [1.54, 1.807) is 6.20 Å². The summed E-state index contributed by atoms with van der Waals surface area (Å²) in [6.07, 6.45) is 5.72. The first-order chi connectivity index (χ1) is 11.7. The molecule has 2 heterocycles. The Kier molecular flexibility index (Phi) is 5.72. The third-order valence-electron chi connectivity index (χ3n) is 3.87. The highest BCUT2D eigenvalue weighted by Crippen LogP contribution is 2.26. The lowest BCUT2D eigenvalue weighted by Crippen LogP contribution is -2.23. The van der Waals surface area contributed by atoms with Gasteiger partial charge in [0.1, 0.15) is 5.75 Å². The zero-order valence-corrected chi connectivity index (χ0v) is 13.9. The molecule has 24 heavy (non-hydrogen) atoms. The molecule has 0 amide bonds. The van der Waals surface area contributed by atoms with Crippen molar-refractivity contribution >= 4 is 16.9 Å². The van der Waals surface area contributed by atoms with Crippen LogP contribution in [0.4, 0.5) is 0 Å². The van der Waals surface area contributed by atoms with Crippen LogP contribution in [-0.2, 0) is 14.3 Å². The second kappa shape index (κ2) is 8.17. The fraction of sp³-hybridized carbons (Fsp3) is 0.500. The lowest BCUT2D eigenvalue weighted by Gasteiger charge is -2.22. The molecule has 1 aromatic carbocycles. The van der Waals surface area contributed by atoms with Crippen LogP contribution in [0.1, 0.15) is 32.6 Å². The van der Waals surface area contributed by atoms with Crippen molar-refractivity contribution in [3.63, 3.8) is 0 Å². The van der Waals surface area contributed by atoms with Gasteiger partial charge in [0.2, 0.25) is 0 Å². The lowest BCUT2D eigenvalue weighted by molar-refractivity contribution is -0.163. The molecule has 1 aliphatic rings. The lowest BCUT2D eigenvalue weighted by atomic mass is 10.2. The van der Waals surface area contributed by atoms with Gasteiger partial charge in [-0.05, 0) is 37.5 Å². The number of nitrogens with zero attached hydrogens (tertiary/aromatic N) is 1. The quantitative estimate of drug-likeness (QED) is 0.729. The maximum atomic E-state index is 11.1. The van der Waals surface area contributed by atoms with E-state index in [0.29, 0.717) is 13.2 Å². The summed E-state index contributed by atoms with van der Waals surface area (Å²) in [7, 11) is 0. The number of carbonyl (C=O) groups is 1. The molecule has 0 radical (unpaired) electrons. The highest BCUT2D eigenvalue weighted by atomic mass is 16.7. The molecule has 0 bridgehead atoms. The maximum absolute atomic E-state index is 11.1. The molecule has 2 aromatic rings. The van der Waals surface area contributed by atoms with Crippen molar-refractivity contribution in [1.82, 2.24) is 4.73 Å². The van der Waals surface area contributed by atoms with E-state index < -0.39 is 0 Å². The van der Waals surface area contributed by atoms with Crippen LogP contribution >= 0.6 is 0 Å². The molecule has 0 saturated carbocycles. The Bertz CT molecular complexity index is 675. The van der Waals surface area contributed by atoms with Crippen LogP contribution < -0.4 is 9.57 Å². The number of hydrogen-bond acceptors (Lipinski definition) is 5. The monoisotopic (exact) mass is 333 g/mol. The minimum atomic E-state index is -0.360. The molecule has 1 aliphatic heterocycles. The van der Waals surface area contributed by atoms with Crippen molar-refractivity contribution in [1.29, 1.82) is 0 Å². The summed E-state index contributed by atoms with van der Waals surface area (Å²) >= 11 is 0. The summed E-state index contributed by atoms with van der Waals surface area (Å²) in [5.74, 6) is 0.410. The van der Waals surface area contributed by atoms with E-state index in [9.17, 15) is 4.79 Å². The Morgan fingerprint density at radius 1 is 1.29 bits per heavy atom. The molecule has 0 spiro atoms. The van der Waals surface area contributed by atoms with E-state index in [1.807, 2.05) is 24.3 Å². The fourth-order valence-electron chi connectivity index (χ4n) is 2.76. The van der Waals surface area contributed by atoms with E-state index in [2.05, 4.69) is 0 Å². The zero-order chi connectivity index (χ0) is 16.8. The van der Waals surface area contributed by atoms with Crippen molar-refractivity contribution in [3.05, 3.63) is 30.5 Å². The molecule has 1 atom stereocenters. The van der Waals surface area contributed by atoms with Crippen LogP contribution in [-0.4, -0.2) is 36.8 Å². The van der Waals surface area contributed by atoms with Crippen LogP contribution in [0.3, 0.4) is 0 Å². The van der Waals surface area contributed by atoms with Gasteiger partial charge >= 0.3 is 5.97 Å². The van der Waals surface area contributed by atoms with Crippen molar-refractivity contribution in [2.45, 2.75) is 38.9 Å². The first-order valence-corrected chi connectivity index (χ1v) is 8.39. The van der Waals surface area contributed by atoms with Crippen molar-refractivity contribution in [3.8, 4) is 5.75 Å². The molecule has 3 rings (SSSR count). The first-order valence-electron chi connectivity index (χ1n) is 8.39. The van der Waals surface area contributed by atoms with Gasteiger partial charge in [0.25, 0.3) is 0 Å². The summed E-state index contributed by atoms with van der Waals surface area (Å²) in [6, 6.07) is 7.55. The van der Waals surface area contributed by atoms with Crippen molar-refractivity contribution < 1.29 is 23.8 Å². The van der Waals surface area contributed by atoms with Crippen LogP contribution in [0.5, 0.6) is 5.75 Å². The topological polar surface area (TPSA) is 58.9 Å². The number of rotatable bonds is 7. The van der Waals surface area contributed by atoms with Gasteiger partial charge in [0.15, 0.2) is 6.29 Å². The summed E-state index contributed by atoms with van der Waals surface area (Å²) < 4.78 is 18.5. The Balaban J connectivity index is 1.50. The Labute approximate surface area is 141 Å². The number of ether oxygens (including phenoxy) is 3. The highest BCUT2D eigenvalue weighted by Gasteiger charge is 2.13. The van der Waals surface area contributed by atoms with Crippen LogP contribution in [0.2, 0.25) is 0 Å². The standard InChI is InChI=1S/C18H23NO5/c1-14(20)24-19-10-9-15-16(19)6-4-7-17(15)21-12-5-13-23-18-8-2-3-11-22-18/h4,6-7,9-10,18H,2-3,5,8,11-13H2,1H3. The Hall–Kier alpha value is -2.05. The number of aromatic nitrogens is 1. The Morgan fingerprint density at radius 2 is 2.21 bits per heavy atom. The SMILES string of the molecule is CC(=O)On1ccc2c(OCCCOC3CCCCO3)cccc21. The van der Waals surface area contributed by atoms with E-state index in [-0.39, 0.29) is 12.3 Å². The number of hydrogen-bond donors (Lipinski definition) is 0. The second-order valence-electron chi connectivity index (χ2n) is 5.78. The van der Waals surface area contributed by atoms with E-state index in [0.717, 1.165) is 42.5 Å². The van der Waals surface area contributed by atoms with Gasteiger partial charge in [-0.3, -0.25) is 0 Å².